The normalized spacial score (nSPS) is 22.3. The lowest BCUT2D eigenvalue weighted by molar-refractivity contribution is -0.139. The molecule has 0 spiro atoms. The molecule has 2 rings (SSSR count). The molecule has 0 bridgehead atoms. The van der Waals surface area contributed by atoms with Gasteiger partial charge in [-0.3, -0.25) is 9.78 Å². The van der Waals surface area contributed by atoms with Gasteiger partial charge in [-0.1, -0.05) is 0 Å². The Bertz CT molecular complexity index is 475. The van der Waals surface area contributed by atoms with Crippen LogP contribution in [-0.4, -0.2) is 57.4 Å². The van der Waals surface area contributed by atoms with Crippen LogP contribution in [0.5, 0.6) is 5.75 Å². The van der Waals surface area contributed by atoms with Gasteiger partial charge in [0.15, 0.2) is 0 Å². The number of aliphatic hydroxyl groups is 1. The molecular formula is C13H18N2O4. The zero-order chi connectivity index (χ0) is 14.0. The van der Waals surface area contributed by atoms with Gasteiger partial charge in [0.1, 0.15) is 5.75 Å². The van der Waals surface area contributed by atoms with Crippen molar-refractivity contribution >= 4 is 5.91 Å². The number of rotatable bonds is 2. The maximum Gasteiger partial charge on any atom is 0.255 e. The lowest BCUT2D eigenvalue weighted by Gasteiger charge is -2.42. The number of carbonyl (C=O) groups excluding carboxylic acids is 1. The van der Waals surface area contributed by atoms with Crippen molar-refractivity contribution in [3.8, 4) is 5.75 Å². The molecule has 1 unspecified atom stereocenters. The van der Waals surface area contributed by atoms with Crippen molar-refractivity contribution in [3.63, 3.8) is 0 Å². The lowest BCUT2D eigenvalue weighted by atomic mass is 10.0. The standard InChI is InChI=1S/C13H18N2O4/c1-13(2)8-15(6-11(7-16)19-13)12(18)9-3-10(17)5-14-4-9/h3-5,11,16-17H,6-8H2,1-2H3. The third kappa shape index (κ3) is 3.21. The number of aromatic nitrogens is 1. The van der Waals surface area contributed by atoms with Gasteiger partial charge in [0.25, 0.3) is 5.91 Å². The Morgan fingerprint density at radius 2 is 2.32 bits per heavy atom. The third-order valence-corrected chi connectivity index (χ3v) is 2.94. The third-order valence-electron chi connectivity index (χ3n) is 2.94. The second-order valence-corrected chi connectivity index (χ2v) is 5.30. The van der Waals surface area contributed by atoms with Gasteiger partial charge in [0.05, 0.1) is 30.1 Å². The Kier molecular flexibility index (Phi) is 3.73. The van der Waals surface area contributed by atoms with E-state index >= 15 is 0 Å². The molecule has 1 atom stereocenters. The number of hydrogen-bond acceptors (Lipinski definition) is 5. The summed E-state index contributed by atoms with van der Waals surface area (Å²) in [7, 11) is 0. The Morgan fingerprint density at radius 3 is 2.95 bits per heavy atom. The molecule has 2 heterocycles. The molecule has 1 amide bonds. The van der Waals surface area contributed by atoms with Gasteiger partial charge in [-0.15, -0.1) is 0 Å². The first kappa shape index (κ1) is 13.8. The molecule has 0 aromatic carbocycles. The highest BCUT2D eigenvalue weighted by atomic mass is 16.5. The van der Waals surface area contributed by atoms with E-state index in [9.17, 15) is 15.0 Å². The second-order valence-electron chi connectivity index (χ2n) is 5.30. The van der Waals surface area contributed by atoms with E-state index in [1.807, 2.05) is 13.8 Å². The maximum atomic E-state index is 12.3. The number of aromatic hydroxyl groups is 1. The highest BCUT2D eigenvalue weighted by Crippen LogP contribution is 2.22. The zero-order valence-electron chi connectivity index (χ0n) is 11.0. The SMILES string of the molecule is CC1(C)CN(C(=O)c2cncc(O)c2)CC(CO)O1. The van der Waals surface area contributed by atoms with Gasteiger partial charge in [-0.05, 0) is 19.9 Å². The number of hydrogen-bond donors (Lipinski definition) is 2. The summed E-state index contributed by atoms with van der Waals surface area (Å²) in [5.41, 5.74) is -0.180. The Hall–Kier alpha value is -1.66. The monoisotopic (exact) mass is 266 g/mol. The minimum atomic E-state index is -0.508. The predicted octanol–water partition coefficient (Wildman–Crippen LogP) is 0.399. The average molecular weight is 266 g/mol. The molecule has 2 N–H and O–H groups in total. The van der Waals surface area contributed by atoms with Crippen LogP contribution in [0.1, 0.15) is 24.2 Å². The molecule has 19 heavy (non-hydrogen) atoms. The van der Waals surface area contributed by atoms with Gasteiger partial charge in [-0.2, -0.15) is 0 Å². The largest absolute Gasteiger partial charge is 0.506 e. The van der Waals surface area contributed by atoms with Crippen LogP contribution >= 0.6 is 0 Å². The molecule has 6 nitrogen and oxygen atoms in total. The molecule has 0 aliphatic carbocycles. The number of amides is 1. The van der Waals surface area contributed by atoms with Crippen LogP contribution in [0.2, 0.25) is 0 Å². The fraction of sp³-hybridized carbons (Fsp3) is 0.538. The zero-order valence-corrected chi connectivity index (χ0v) is 11.0. The van der Waals surface area contributed by atoms with E-state index in [0.717, 1.165) is 0 Å². The second kappa shape index (κ2) is 5.14. The van der Waals surface area contributed by atoms with Crippen molar-refractivity contribution < 1.29 is 19.7 Å². The van der Waals surface area contributed by atoms with E-state index in [1.165, 1.54) is 18.5 Å². The van der Waals surface area contributed by atoms with Crippen molar-refractivity contribution in [1.82, 2.24) is 9.88 Å². The van der Waals surface area contributed by atoms with E-state index in [0.29, 0.717) is 18.7 Å². The summed E-state index contributed by atoms with van der Waals surface area (Å²) >= 11 is 0. The Morgan fingerprint density at radius 1 is 1.58 bits per heavy atom. The molecule has 6 heteroatoms. The van der Waals surface area contributed by atoms with Crippen molar-refractivity contribution in [2.75, 3.05) is 19.7 Å². The summed E-state index contributed by atoms with van der Waals surface area (Å²) in [6, 6.07) is 1.38. The first-order chi connectivity index (χ1) is 8.91. The van der Waals surface area contributed by atoms with Crippen LogP contribution in [0.4, 0.5) is 0 Å². The van der Waals surface area contributed by atoms with Crippen LogP contribution in [0.15, 0.2) is 18.5 Å². The van der Waals surface area contributed by atoms with Gasteiger partial charge in [0, 0.05) is 19.3 Å². The smallest absolute Gasteiger partial charge is 0.255 e. The van der Waals surface area contributed by atoms with Crippen LogP contribution in [-0.2, 0) is 4.74 Å². The summed E-state index contributed by atoms with van der Waals surface area (Å²) in [4.78, 5) is 17.7. The van der Waals surface area contributed by atoms with Gasteiger partial charge >= 0.3 is 0 Å². The molecule has 1 aliphatic heterocycles. The van der Waals surface area contributed by atoms with Crippen LogP contribution in [0.3, 0.4) is 0 Å². The fourth-order valence-electron chi connectivity index (χ4n) is 2.27. The highest BCUT2D eigenvalue weighted by Gasteiger charge is 2.35. The minimum absolute atomic E-state index is 0.0444. The van der Waals surface area contributed by atoms with Crippen LogP contribution < -0.4 is 0 Å². The topological polar surface area (TPSA) is 82.9 Å². The van der Waals surface area contributed by atoms with E-state index in [-0.39, 0.29) is 18.3 Å². The number of aliphatic hydroxyl groups excluding tert-OH is 1. The molecule has 1 aromatic rings. The van der Waals surface area contributed by atoms with E-state index in [2.05, 4.69) is 4.98 Å². The van der Waals surface area contributed by atoms with Gasteiger partial charge < -0.3 is 19.8 Å². The van der Waals surface area contributed by atoms with E-state index in [1.54, 1.807) is 4.90 Å². The van der Waals surface area contributed by atoms with Crippen LogP contribution in [0.25, 0.3) is 0 Å². The Balaban J connectivity index is 2.18. The average Bonchev–Trinajstić information content (AvgIpc) is 2.36. The Labute approximate surface area is 111 Å². The number of ether oxygens (including phenoxy) is 1. The fourth-order valence-corrected chi connectivity index (χ4v) is 2.27. The lowest BCUT2D eigenvalue weighted by Crippen LogP contribution is -2.55. The van der Waals surface area contributed by atoms with Crippen molar-refractivity contribution in [1.29, 1.82) is 0 Å². The molecule has 0 radical (unpaired) electrons. The van der Waals surface area contributed by atoms with Crippen molar-refractivity contribution in [2.24, 2.45) is 0 Å². The number of morpholine rings is 1. The number of pyridine rings is 1. The van der Waals surface area contributed by atoms with Gasteiger partial charge in [-0.25, -0.2) is 0 Å². The maximum absolute atomic E-state index is 12.3. The number of carbonyl (C=O) groups is 1. The first-order valence-electron chi connectivity index (χ1n) is 6.13. The summed E-state index contributed by atoms with van der Waals surface area (Å²) in [6.07, 6.45) is 2.30. The molecule has 1 fully saturated rings. The van der Waals surface area contributed by atoms with Crippen LogP contribution in [0, 0.1) is 0 Å². The highest BCUT2D eigenvalue weighted by molar-refractivity contribution is 5.94. The minimum Gasteiger partial charge on any atom is -0.506 e. The van der Waals surface area contributed by atoms with E-state index < -0.39 is 11.7 Å². The van der Waals surface area contributed by atoms with E-state index in [4.69, 9.17) is 4.74 Å². The quantitative estimate of drug-likeness (QED) is 0.809. The molecule has 1 aliphatic rings. The van der Waals surface area contributed by atoms with Gasteiger partial charge in [0.2, 0.25) is 0 Å². The molecule has 1 aromatic heterocycles. The number of nitrogens with zero attached hydrogens (tertiary/aromatic N) is 2. The molecule has 1 saturated heterocycles. The molecule has 104 valence electrons. The molecular weight excluding hydrogens is 248 g/mol. The summed E-state index contributed by atoms with van der Waals surface area (Å²) in [5.74, 6) is -0.268. The molecule has 0 saturated carbocycles. The predicted molar refractivity (Wildman–Crippen MR) is 67.8 cm³/mol. The summed E-state index contributed by atoms with van der Waals surface area (Å²) < 4.78 is 5.65. The van der Waals surface area contributed by atoms with Crippen molar-refractivity contribution in [3.05, 3.63) is 24.0 Å². The summed E-state index contributed by atoms with van der Waals surface area (Å²) in [6.45, 7) is 4.36. The first-order valence-corrected chi connectivity index (χ1v) is 6.13. The van der Waals surface area contributed by atoms with Crippen molar-refractivity contribution in [2.45, 2.75) is 25.6 Å². The summed E-state index contributed by atoms with van der Waals surface area (Å²) in [5, 5.41) is 18.6.